The highest BCUT2D eigenvalue weighted by Gasteiger charge is 2.56. The summed E-state index contributed by atoms with van der Waals surface area (Å²) in [4.78, 5) is 21.5. The zero-order chi connectivity index (χ0) is 20.0. The van der Waals surface area contributed by atoms with Crippen molar-refractivity contribution < 1.29 is 9.53 Å². The lowest BCUT2D eigenvalue weighted by Gasteiger charge is -2.24. The molecule has 2 unspecified atom stereocenters. The lowest BCUT2D eigenvalue weighted by Crippen LogP contribution is -2.37. The SMILES string of the molecule is Cn1cnc(OC(=O)N(Cc2cccc(Cl)c2)CC2C3CN(CC4CC4)CC32)c1. The zero-order valence-electron chi connectivity index (χ0n) is 16.7. The van der Waals surface area contributed by atoms with Crippen molar-refractivity contribution >= 4 is 17.7 Å². The Balaban J connectivity index is 1.23. The average molecular weight is 415 g/mol. The number of amides is 1. The Morgan fingerprint density at radius 2 is 2.10 bits per heavy atom. The van der Waals surface area contributed by atoms with Crippen LogP contribution in [0.3, 0.4) is 0 Å². The first-order valence-electron chi connectivity index (χ1n) is 10.5. The van der Waals surface area contributed by atoms with Crippen LogP contribution in [0.15, 0.2) is 36.8 Å². The quantitative estimate of drug-likeness (QED) is 0.693. The molecular weight excluding hydrogens is 388 g/mol. The van der Waals surface area contributed by atoms with Gasteiger partial charge in [-0.3, -0.25) is 0 Å². The molecule has 1 aromatic heterocycles. The van der Waals surface area contributed by atoms with Crippen LogP contribution in [0.5, 0.6) is 5.88 Å². The Hall–Kier alpha value is -2.05. The van der Waals surface area contributed by atoms with E-state index in [1.807, 2.05) is 36.2 Å². The zero-order valence-corrected chi connectivity index (χ0v) is 17.5. The molecule has 2 aliphatic carbocycles. The molecule has 5 rings (SSSR count). The number of carbonyl (C=O) groups is 1. The van der Waals surface area contributed by atoms with Crippen LogP contribution in [0.2, 0.25) is 5.02 Å². The van der Waals surface area contributed by atoms with Gasteiger partial charge in [0.2, 0.25) is 5.88 Å². The smallest absolute Gasteiger partial charge is 0.389 e. The van der Waals surface area contributed by atoms with Gasteiger partial charge in [0.25, 0.3) is 0 Å². The van der Waals surface area contributed by atoms with E-state index in [9.17, 15) is 4.79 Å². The average Bonchev–Trinajstić information content (AvgIpc) is 3.50. The molecule has 0 bridgehead atoms. The lowest BCUT2D eigenvalue weighted by molar-refractivity contribution is 0.141. The number of nitrogens with zero attached hydrogens (tertiary/aromatic N) is 4. The van der Waals surface area contributed by atoms with E-state index < -0.39 is 0 Å². The Kier molecular flexibility index (Phi) is 5.00. The number of benzene rings is 1. The van der Waals surface area contributed by atoms with Gasteiger partial charge < -0.3 is 19.1 Å². The summed E-state index contributed by atoms with van der Waals surface area (Å²) < 4.78 is 7.31. The number of carbonyl (C=O) groups excluding carboxylic acids is 1. The van der Waals surface area contributed by atoms with Gasteiger partial charge in [-0.1, -0.05) is 23.7 Å². The van der Waals surface area contributed by atoms with Crippen LogP contribution >= 0.6 is 11.6 Å². The molecule has 3 aliphatic rings. The summed E-state index contributed by atoms with van der Waals surface area (Å²) in [5.74, 6) is 3.29. The highest BCUT2D eigenvalue weighted by molar-refractivity contribution is 6.30. The molecule has 6 nitrogen and oxygen atoms in total. The summed E-state index contributed by atoms with van der Waals surface area (Å²) in [6, 6.07) is 7.68. The number of likely N-dealkylation sites (tertiary alicyclic amines) is 1. The molecule has 1 amide bonds. The number of hydrogen-bond acceptors (Lipinski definition) is 4. The second-order valence-electron chi connectivity index (χ2n) is 8.91. The minimum atomic E-state index is -0.344. The van der Waals surface area contributed by atoms with E-state index in [2.05, 4.69) is 9.88 Å². The Morgan fingerprint density at radius 3 is 2.76 bits per heavy atom. The van der Waals surface area contributed by atoms with E-state index in [0.717, 1.165) is 29.9 Å². The highest BCUT2D eigenvalue weighted by atomic mass is 35.5. The van der Waals surface area contributed by atoms with Gasteiger partial charge in [-0.05, 0) is 54.2 Å². The van der Waals surface area contributed by atoms with Crippen molar-refractivity contribution in [3.8, 4) is 5.88 Å². The van der Waals surface area contributed by atoms with Crippen molar-refractivity contribution in [3.05, 3.63) is 47.4 Å². The number of fused-ring (bicyclic) bond motifs is 1. The first-order valence-corrected chi connectivity index (χ1v) is 10.8. The molecule has 2 heterocycles. The fourth-order valence-corrected chi connectivity index (χ4v) is 4.94. The van der Waals surface area contributed by atoms with Gasteiger partial charge in [-0.15, -0.1) is 0 Å². The van der Waals surface area contributed by atoms with Crippen molar-refractivity contribution in [1.29, 1.82) is 0 Å². The van der Waals surface area contributed by atoms with Crippen molar-refractivity contribution in [2.45, 2.75) is 19.4 Å². The molecule has 1 aliphatic heterocycles. The summed E-state index contributed by atoms with van der Waals surface area (Å²) in [5, 5.41) is 0.680. The molecule has 1 aromatic carbocycles. The van der Waals surface area contributed by atoms with E-state index in [1.54, 1.807) is 17.1 Å². The van der Waals surface area contributed by atoms with E-state index in [4.69, 9.17) is 16.3 Å². The number of imidazole rings is 1. The Morgan fingerprint density at radius 1 is 1.31 bits per heavy atom. The maximum Gasteiger partial charge on any atom is 0.416 e. The topological polar surface area (TPSA) is 50.6 Å². The lowest BCUT2D eigenvalue weighted by atomic mass is 10.2. The molecule has 2 atom stereocenters. The highest BCUT2D eigenvalue weighted by Crippen LogP contribution is 2.52. The van der Waals surface area contributed by atoms with Crippen LogP contribution in [0.1, 0.15) is 18.4 Å². The molecule has 2 saturated carbocycles. The number of rotatable bonds is 7. The summed E-state index contributed by atoms with van der Waals surface area (Å²) in [6.45, 7) is 4.87. The molecule has 0 N–H and O–H groups in total. The summed E-state index contributed by atoms with van der Waals surface area (Å²) in [6.07, 6.45) is 5.80. The number of piperidine rings is 1. The third-order valence-electron chi connectivity index (χ3n) is 6.49. The van der Waals surface area contributed by atoms with Gasteiger partial charge >= 0.3 is 6.09 Å². The van der Waals surface area contributed by atoms with Crippen molar-refractivity contribution in [3.63, 3.8) is 0 Å². The molecule has 154 valence electrons. The predicted octanol–water partition coefficient (Wildman–Crippen LogP) is 3.66. The monoisotopic (exact) mass is 414 g/mol. The van der Waals surface area contributed by atoms with Crippen molar-refractivity contribution in [2.24, 2.45) is 30.7 Å². The summed E-state index contributed by atoms with van der Waals surface area (Å²) in [5.41, 5.74) is 1.01. The van der Waals surface area contributed by atoms with Gasteiger partial charge in [0, 0.05) is 44.8 Å². The molecule has 2 aromatic rings. The Labute approximate surface area is 176 Å². The minimum Gasteiger partial charge on any atom is -0.389 e. The second kappa shape index (κ2) is 7.65. The van der Waals surface area contributed by atoms with Gasteiger partial charge in [-0.25, -0.2) is 9.78 Å². The van der Waals surface area contributed by atoms with E-state index in [1.165, 1.54) is 32.5 Å². The molecular formula is C22H27ClN4O2. The standard InChI is InChI=1S/C22H27ClN4O2/c1-25-13-21(24-14-25)29-22(28)27(9-16-3-2-4-17(23)7-16)12-20-18-10-26(11-19(18)20)8-15-5-6-15/h2-4,7,13-15,18-20H,5-6,8-12H2,1H3. The summed E-state index contributed by atoms with van der Waals surface area (Å²) >= 11 is 6.15. The van der Waals surface area contributed by atoms with Crippen LogP contribution in [0, 0.1) is 23.7 Å². The van der Waals surface area contributed by atoms with Crippen molar-refractivity contribution in [1.82, 2.24) is 19.4 Å². The molecule has 3 fully saturated rings. The third kappa shape index (κ3) is 4.43. The van der Waals surface area contributed by atoms with Crippen LogP contribution in [-0.2, 0) is 13.6 Å². The largest absolute Gasteiger partial charge is 0.416 e. The van der Waals surface area contributed by atoms with Crippen LogP contribution in [0.4, 0.5) is 4.79 Å². The summed E-state index contributed by atoms with van der Waals surface area (Å²) in [7, 11) is 1.85. The number of hydrogen-bond donors (Lipinski definition) is 0. The molecule has 0 radical (unpaired) electrons. The predicted molar refractivity (Wildman–Crippen MR) is 111 cm³/mol. The molecule has 0 spiro atoms. The Bertz CT molecular complexity index is 884. The van der Waals surface area contributed by atoms with Gasteiger partial charge in [0.1, 0.15) is 0 Å². The maximum absolute atomic E-state index is 12.9. The van der Waals surface area contributed by atoms with Gasteiger partial charge in [0.15, 0.2) is 0 Å². The maximum atomic E-state index is 12.9. The van der Waals surface area contributed by atoms with Gasteiger partial charge in [-0.2, -0.15) is 0 Å². The third-order valence-corrected chi connectivity index (χ3v) is 6.72. The first kappa shape index (κ1) is 18.9. The van der Waals surface area contributed by atoms with E-state index in [-0.39, 0.29) is 6.09 Å². The molecule has 29 heavy (non-hydrogen) atoms. The van der Waals surface area contributed by atoms with Crippen LogP contribution in [0.25, 0.3) is 0 Å². The number of halogens is 1. The molecule has 7 heteroatoms. The number of ether oxygens (including phenoxy) is 1. The normalized spacial score (nSPS) is 25.7. The first-order chi connectivity index (χ1) is 14.0. The van der Waals surface area contributed by atoms with Crippen molar-refractivity contribution in [2.75, 3.05) is 26.2 Å². The van der Waals surface area contributed by atoms with Crippen LogP contribution in [-0.4, -0.2) is 51.6 Å². The fraction of sp³-hybridized carbons (Fsp3) is 0.545. The second-order valence-corrected chi connectivity index (χ2v) is 9.35. The minimum absolute atomic E-state index is 0.334. The number of aryl methyl sites for hydroxylation is 1. The van der Waals surface area contributed by atoms with E-state index in [0.29, 0.717) is 23.4 Å². The van der Waals surface area contributed by atoms with Gasteiger partial charge in [0.05, 0.1) is 12.5 Å². The molecule has 1 saturated heterocycles. The number of aromatic nitrogens is 2. The van der Waals surface area contributed by atoms with E-state index >= 15 is 0 Å². The van der Waals surface area contributed by atoms with Crippen LogP contribution < -0.4 is 4.74 Å². The fourth-order valence-electron chi connectivity index (χ4n) is 4.73.